The highest BCUT2D eigenvalue weighted by molar-refractivity contribution is 9.10. The fourth-order valence-electron chi connectivity index (χ4n) is 2.64. The van der Waals surface area contributed by atoms with Crippen LogP contribution in [0.15, 0.2) is 22.7 Å². The molecule has 3 nitrogen and oxygen atoms in total. The van der Waals surface area contributed by atoms with Gasteiger partial charge in [0.25, 0.3) is 5.91 Å². The van der Waals surface area contributed by atoms with Crippen LogP contribution in [0.3, 0.4) is 0 Å². The molecule has 0 unspecified atom stereocenters. The lowest BCUT2D eigenvalue weighted by Gasteiger charge is -2.26. The molecule has 0 saturated heterocycles. The van der Waals surface area contributed by atoms with Gasteiger partial charge < -0.3 is 10.4 Å². The maximum Gasteiger partial charge on any atom is 0.251 e. The number of hydrogen-bond donors (Lipinski definition) is 2. The number of nitrogens with one attached hydrogen (secondary N) is 1. The Labute approximate surface area is 128 Å². The molecule has 1 aromatic carbocycles. The van der Waals surface area contributed by atoms with E-state index in [-0.39, 0.29) is 5.91 Å². The van der Waals surface area contributed by atoms with E-state index in [1.807, 2.05) is 25.1 Å². The monoisotopic (exact) mass is 339 g/mol. The topological polar surface area (TPSA) is 49.3 Å². The highest BCUT2D eigenvalue weighted by atomic mass is 79.9. The molecule has 2 rings (SSSR count). The third-order valence-corrected chi connectivity index (χ3v) is 4.90. The smallest absolute Gasteiger partial charge is 0.251 e. The fraction of sp³-hybridized carbons (Fsp3) is 0.562. The molecule has 1 aliphatic rings. The van der Waals surface area contributed by atoms with Crippen LogP contribution in [0.1, 0.15) is 54.4 Å². The van der Waals surface area contributed by atoms with Gasteiger partial charge >= 0.3 is 0 Å². The van der Waals surface area contributed by atoms with Gasteiger partial charge in [-0.2, -0.15) is 0 Å². The summed E-state index contributed by atoms with van der Waals surface area (Å²) in [5.74, 6) is -0.122. The predicted molar refractivity (Wildman–Crippen MR) is 83.9 cm³/mol. The molecule has 0 aliphatic heterocycles. The quantitative estimate of drug-likeness (QED) is 0.827. The summed E-state index contributed by atoms with van der Waals surface area (Å²) in [6.07, 6.45) is 6.02. The van der Waals surface area contributed by atoms with Crippen molar-refractivity contribution in [1.29, 1.82) is 0 Å². The second kappa shape index (κ2) is 6.72. The Hall–Kier alpha value is -0.870. The lowest BCUT2D eigenvalue weighted by Crippen LogP contribution is -2.42. The van der Waals surface area contributed by atoms with Gasteiger partial charge in [-0.3, -0.25) is 4.79 Å². The van der Waals surface area contributed by atoms with Gasteiger partial charge in [-0.05, 0) is 37.5 Å². The van der Waals surface area contributed by atoms with Gasteiger partial charge in [-0.15, -0.1) is 0 Å². The van der Waals surface area contributed by atoms with Gasteiger partial charge in [-0.1, -0.05) is 47.7 Å². The standard InChI is InChI=1S/C16H22BrNO2/c1-12-6-7-13(10-14(12)17)15(19)18-11-16(20)8-4-2-3-5-9-16/h6-7,10,20H,2-5,8-9,11H2,1H3,(H,18,19). The molecule has 1 amide bonds. The number of benzene rings is 1. The zero-order chi connectivity index (χ0) is 14.6. The van der Waals surface area contributed by atoms with E-state index < -0.39 is 5.60 Å². The molecule has 1 aliphatic carbocycles. The van der Waals surface area contributed by atoms with Crippen molar-refractivity contribution < 1.29 is 9.90 Å². The van der Waals surface area contributed by atoms with Gasteiger partial charge in [0.2, 0.25) is 0 Å². The molecule has 1 aromatic rings. The van der Waals surface area contributed by atoms with E-state index in [9.17, 15) is 9.90 Å². The number of rotatable bonds is 3. The number of hydrogen-bond acceptors (Lipinski definition) is 2. The molecule has 2 N–H and O–H groups in total. The molecule has 4 heteroatoms. The number of amides is 1. The Balaban J connectivity index is 1.95. The Morgan fingerprint density at radius 3 is 2.55 bits per heavy atom. The highest BCUT2D eigenvalue weighted by Crippen LogP contribution is 2.26. The van der Waals surface area contributed by atoms with Crippen molar-refractivity contribution >= 4 is 21.8 Å². The Morgan fingerprint density at radius 2 is 1.95 bits per heavy atom. The Morgan fingerprint density at radius 1 is 1.30 bits per heavy atom. The fourth-order valence-corrected chi connectivity index (χ4v) is 3.02. The minimum absolute atomic E-state index is 0.122. The first-order chi connectivity index (χ1) is 9.50. The summed E-state index contributed by atoms with van der Waals surface area (Å²) in [5.41, 5.74) is 0.998. The lowest BCUT2D eigenvalue weighted by molar-refractivity contribution is 0.0246. The number of aryl methyl sites for hydroxylation is 1. The summed E-state index contributed by atoms with van der Waals surface area (Å²) in [4.78, 5) is 12.1. The van der Waals surface area contributed by atoms with Crippen LogP contribution >= 0.6 is 15.9 Å². The van der Waals surface area contributed by atoms with E-state index in [0.717, 1.165) is 35.7 Å². The van der Waals surface area contributed by atoms with Gasteiger partial charge in [0.15, 0.2) is 0 Å². The molecular formula is C16H22BrNO2. The predicted octanol–water partition coefficient (Wildman–Crippen LogP) is 3.57. The third kappa shape index (κ3) is 4.06. The van der Waals surface area contributed by atoms with Gasteiger partial charge in [0.05, 0.1) is 5.60 Å². The molecular weight excluding hydrogens is 318 g/mol. The molecule has 1 fully saturated rings. The van der Waals surface area contributed by atoms with Crippen LogP contribution in [0.25, 0.3) is 0 Å². The van der Waals surface area contributed by atoms with E-state index in [1.54, 1.807) is 0 Å². The minimum Gasteiger partial charge on any atom is -0.388 e. The van der Waals surface area contributed by atoms with E-state index in [0.29, 0.717) is 12.1 Å². The molecule has 110 valence electrons. The van der Waals surface area contributed by atoms with Crippen molar-refractivity contribution in [2.24, 2.45) is 0 Å². The average molecular weight is 340 g/mol. The molecule has 1 saturated carbocycles. The van der Waals surface area contributed by atoms with Gasteiger partial charge in [0.1, 0.15) is 0 Å². The van der Waals surface area contributed by atoms with Crippen molar-refractivity contribution in [1.82, 2.24) is 5.32 Å². The van der Waals surface area contributed by atoms with Crippen LogP contribution in [-0.4, -0.2) is 23.2 Å². The first kappa shape index (κ1) is 15.5. The van der Waals surface area contributed by atoms with E-state index in [2.05, 4.69) is 21.2 Å². The zero-order valence-corrected chi connectivity index (χ0v) is 13.5. The third-order valence-electron chi connectivity index (χ3n) is 4.05. The van der Waals surface area contributed by atoms with Crippen LogP contribution in [0, 0.1) is 6.92 Å². The summed E-state index contributed by atoms with van der Waals surface area (Å²) in [6, 6.07) is 5.55. The average Bonchev–Trinajstić information content (AvgIpc) is 2.65. The Bertz CT molecular complexity index is 479. The van der Waals surface area contributed by atoms with Crippen LogP contribution in [0.5, 0.6) is 0 Å². The van der Waals surface area contributed by atoms with Crippen LogP contribution < -0.4 is 5.32 Å². The van der Waals surface area contributed by atoms with Crippen LogP contribution in [0.4, 0.5) is 0 Å². The number of carbonyl (C=O) groups is 1. The molecule has 0 bridgehead atoms. The summed E-state index contributed by atoms with van der Waals surface area (Å²) in [7, 11) is 0. The van der Waals surface area contributed by atoms with E-state index in [4.69, 9.17) is 0 Å². The molecule has 0 radical (unpaired) electrons. The second-order valence-electron chi connectivity index (χ2n) is 5.79. The maximum atomic E-state index is 12.1. The lowest BCUT2D eigenvalue weighted by atomic mass is 9.94. The first-order valence-electron chi connectivity index (χ1n) is 7.27. The molecule has 0 atom stereocenters. The summed E-state index contributed by atoms with van der Waals surface area (Å²) < 4.78 is 0.929. The van der Waals surface area contributed by atoms with Crippen molar-refractivity contribution in [2.75, 3.05) is 6.54 Å². The molecule has 20 heavy (non-hydrogen) atoms. The highest BCUT2D eigenvalue weighted by Gasteiger charge is 2.28. The zero-order valence-electron chi connectivity index (χ0n) is 11.9. The van der Waals surface area contributed by atoms with Crippen LogP contribution in [0.2, 0.25) is 0 Å². The largest absolute Gasteiger partial charge is 0.388 e. The number of halogens is 1. The SMILES string of the molecule is Cc1ccc(C(=O)NCC2(O)CCCCCC2)cc1Br. The summed E-state index contributed by atoms with van der Waals surface area (Å²) in [6.45, 7) is 2.33. The van der Waals surface area contributed by atoms with Gasteiger partial charge in [-0.25, -0.2) is 0 Å². The maximum absolute atomic E-state index is 12.1. The first-order valence-corrected chi connectivity index (χ1v) is 8.06. The molecule has 0 heterocycles. The van der Waals surface area contributed by atoms with E-state index in [1.165, 1.54) is 12.8 Å². The molecule has 0 spiro atoms. The minimum atomic E-state index is -0.728. The summed E-state index contributed by atoms with van der Waals surface area (Å²) >= 11 is 3.43. The molecule has 0 aromatic heterocycles. The van der Waals surface area contributed by atoms with Crippen molar-refractivity contribution in [2.45, 2.75) is 51.0 Å². The second-order valence-corrected chi connectivity index (χ2v) is 6.64. The van der Waals surface area contributed by atoms with Crippen molar-refractivity contribution in [3.05, 3.63) is 33.8 Å². The number of carbonyl (C=O) groups excluding carboxylic acids is 1. The Kier molecular flexibility index (Phi) is 5.22. The van der Waals surface area contributed by atoms with Gasteiger partial charge in [0, 0.05) is 16.6 Å². The van der Waals surface area contributed by atoms with Crippen molar-refractivity contribution in [3.63, 3.8) is 0 Å². The summed E-state index contributed by atoms with van der Waals surface area (Å²) in [5, 5.41) is 13.4. The van der Waals surface area contributed by atoms with Crippen LogP contribution in [-0.2, 0) is 0 Å². The number of aliphatic hydroxyl groups is 1. The normalized spacial score (nSPS) is 18.4. The van der Waals surface area contributed by atoms with Crippen molar-refractivity contribution in [3.8, 4) is 0 Å². The van der Waals surface area contributed by atoms with E-state index >= 15 is 0 Å².